The van der Waals surface area contributed by atoms with E-state index in [1.807, 2.05) is 6.07 Å². The summed E-state index contributed by atoms with van der Waals surface area (Å²) in [5.74, 6) is 0.272. The second-order valence-electron chi connectivity index (χ2n) is 7.87. The Morgan fingerprint density at radius 1 is 1.27 bits per heavy atom. The van der Waals surface area contributed by atoms with Crippen LogP contribution in [-0.4, -0.2) is 61.8 Å². The number of hydrogen-bond donors (Lipinski definition) is 1. The van der Waals surface area contributed by atoms with Crippen LogP contribution in [0.1, 0.15) is 41.7 Å². The van der Waals surface area contributed by atoms with Crippen LogP contribution >= 0.6 is 0 Å². The fraction of sp³-hybridized carbons (Fsp3) is 0.458. The van der Waals surface area contributed by atoms with E-state index < -0.39 is 6.80 Å². The molecule has 0 radical (unpaired) electrons. The van der Waals surface area contributed by atoms with Crippen LogP contribution in [0, 0.1) is 0 Å². The number of benzene rings is 2. The van der Waals surface area contributed by atoms with Gasteiger partial charge in [-0.3, -0.25) is 9.69 Å². The molecule has 1 saturated heterocycles. The third-order valence-electron chi connectivity index (χ3n) is 5.97. The summed E-state index contributed by atoms with van der Waals surface area (Å²) in [6, 6.07) is 13.3. The smallest absolute Gasteiger partial charge is 0.256 e. The van der Waals surface area contributed by atoms with Gasteiger partial charge in [-0.2, -0.15) is 0 Å². The van der Waals surface area contributed by atoms with Gasteiger partial charge in [-0.05, 0) is 54.7 Å². The van der Waals surface area contributed by atoms with Crippen molar-refractivity contribution < 1.29 is 15.3 Å². The number of carbonyl (C=O) groups excluding carboxylic acids is 1. The van der Waals surface area contributed by atoms with E-state index in [-0.39, 0.29) is 19.1 Å². The topological polar surface area (TPSA) is 44.8 Å². The standard InChI is InChI=1S/C24H30FN3O2/c25-18-28(24(29)20-5-2-1-3-6-20)15-16-30-21-10-9-19-7-4-8-23(22(19)17-21)27-13-11-26-12-14-27/h1-3,5-6,9-10,17,23,26H,4,7-8,11-16,18H2/i9T. The number of halogens is 1. The van der Waals surface area contributed by atoms with Crippen molar-refractivity contribution in [2.24, 2.45) is 0 Å². The Bertz CT molecular complexity index is 890. The van der Waals surface area contributed by atoms with Gasteiger partial charge in [0.1, 0.15) is 12.4 Å². The Balaban J connectivity index is 1.43. The minimum absolute atomic E-state index is 0.149. The van der Waals surface area contributed by atoms with Gasteiger partial charge in [0.05, 0.1) is 7.92 Å². The molecule has 1 fully saturated rings. The zero-order chi connectivity index (χ0) is 21.6. The summed E-state index contributed by atoms with van der Waals surface area (Å²) in [4.78, 5) is 16.1. The Kier molecular flexibility index (Phi) is 6.54. The third-order valence-corrected chi connectivity index (χ3v) is 5.97. The van der Waals surface area contributed by atoms with Crippen molar-refractivity contribution in [3.05, 3.63) is 65.2 Å². The number of piperazine rings is 1. The minimum atomic E-state index is -0.865. The van der Waals surface area contributed by atoms with Crippen molar-refractivity contribution in [3.63, 3.8) is 0 Å². The normalized spacial score (nSPS) is 19.6. The number of amides is 1. The Morgan fingerprint density at radius 2 is 2.07 bits per heavy atom. The quantitative estimate of drug-likeness (QED) is 0.707. The van der Waals surface area contributed by atoms with Gasteiger partial charge in [-0.25, -0.2) is 4.39 Å². The van der Waals surface area contributed by atoms with E-state index in [0.29, 0.717) is 23.4 Å². The summed E-state index contributed by atoms with van der Waals surface area (Å²) in [5.41, 5.74) is 2.77. The van der Waals surface area contributed by atoms with Crippen LogP contribution in [0.15, 0.2) is 48.5 Å². The molecule has 1 aliphatic heterocycles. The van der Waals surface area contributed by atoms with Gasteiger partial charge >= 0.3 is 0 Å². The number of hydrogen-bond acceptors (Lipinski definition) is 4. The van der Waals surface area contributed by atoms with E-state index in [4.69, 9.17) is 6.11 Å². The molecule has 0 aromatic heterocycles. The molecule has 1 amide bonds. The number of nitrogens with one attached hydrogen (secondary N) is 1. The maximum Gasteiger partial charge on any atom is 0.256 e. The van der Waals surface area contributed by atoms with Gasteiger partial charge in [-0.1, -0.05) is 24.2 Å². The predicted molar refractivity (Wildman–Crippen MR) is 116 cm³/mol. The zero-order valence-corrected chi connectivity index (χ0v) is 17.3. The number of nitrogens with zero attached hydrogens (tertiary/aromatic N) is 2. The van der Waals surface area contributed by atoms with Crippen LogP contribution in [0.25, 0.3) is 0 Å². The molecular weight excluding hydrogens is 381 g/mol. The summed E-state index contributed by atoms with van der Waals surface area (Å²) in [7, 11) is 0. The maximum absolute atomic E-state index is 13.5. The highest BCUT2D eigenvalue weighted by Crippen LogP contribution is 2.36. The van der Waals surface area contributed by atoms with E-state index in [2.05, 4.69) is 16.3 Å². The first-order valence-corrected chi connectivity index (χ1v) is 10.8. The highest BCUT2D eigenvalue weighted by molar-refractivity contribution is 5.94. The van der Waals surface area contributed by atoms with Gasteiger partial charge in [-0.15, -0.1) is 0 Å². The monoisotopic (exact) mass is 413 g/mol. The zero-order valence-electron chi connectivity index (χ0n) is 18.3. The number of fused-ring (bicyclic) bond motifs is 1. The van der Waals surface area contributed by atoms with E-state index in [9.17, 15) is 9.18 Å². The second-order valence-corrected chi connectivity index (χ2v) is 7.87. The van der Waals surface area contributed by atoms with Crippen molar-refractivity contribution in [1.29, 1.82) is 0 Å². The SMILES string of the molecule is [3H]c1cc(OCCN(CF)C(=O)c2ccccc2)cc2c1CCCC2N1CCNCC1. The maximum atomic E-state index is 13.5. The number of rotatable bonds is 7. The van der Waals surface area contributed by atoms with Crippen molar-refractivity contribution in [2.45, 2.75) is 25.3 Å². The lowest BCUT2D eigenvalue weighted by Crippen LogP contribution is -2.45. The van der Waals surface area contributed by atoms with Crippen LogP contribution in [0.3, 0.4) is 0 Å². The Morgan fingerprint density at radius 3 is 2.83 bits per heavy atom. The molecule has 5 nitrogen and oxygen atoms in total. The van der Waals surface area contributed by atoms with Gasteiger partial charge in [0, 0.05) is 37.8 Å². The van der Waals surface area contributed by atoms with Crippen molar-refractivity contribution in [1.82, 2.24) is 15.1 Å². The summed E-state index contributed by atoms with van der Waals surface area (Å²) in [6.07, 6.45) is 3.12. The van der Waals surface area contributed by atoms with Crippen molar-refractivity contribution in [3.8, 4) is 5.75 Å². The van der Waals surface area contributed by atoms with E-state index >= 15 is 0 Å². The Hall–Kier alpha value is -2.44. The molecular formula is C24H30FN3O2. The highest BCUT2D eigenvalue weighted by atomic mass is 19.1. The third kappa shape index (κ3) is 4.82. The molecule has 4 rings (SSSR count). The molecule has 1 aliphatic carbocycles. The van der Waals surface area contributed by atoms with E-state index in [0.717, 1.165) is 55.9 Å². The first-order valence-electron chi connectivity index (χ1n) is 11.3. The van der Waals surface area contributed by atoms with Crippen LogP contribution in [0.5, 0.6) is 5.75 Å². The molecule has 30 heavy (non-hydrogen) atoms. The molecule has 2 aromatic rings. The van der Waals surface area contributed by atoms with E-state index in [1.54, 1.807) is 30.3 Å². The predicted octanol–water partition coefficient (Wildman–Crippen LogP) is 3.42. The van der Waals surface area contributed by atoms with Crippen LogP contribution in [0.4, 0.5) is 4.39 Å². The lowest BCUT2D eigenvalue weighted by Gasteiger charge is -2.38. The number of alkyl halides is 1. The molecule has 160 valence electrons. The largest absolute Gasteiger partial charge is 0.492 e. The first-order chi connectivity index (χ1) is 15.2. The summed E-state index contributed by atoms with van der Waals surface area (Å²) >= 11 is 0. The van der Waals surface area contributed by atoms with Crippen LogP contribution in [-0.2, 0) is 6.42 Å². The van der Waals surface area contributed by atoms with Crippen molar-refractivity contribution >= 4 is 5.91 Å². The molecule has 0 bridgehead atoms. The molecule has 1 N–H and O–H groups in total. The van der Waals surface area contributed by atoms with E-state index in [1.165, 1.54) is 5.56 Å². The first kappa shape index (κ1) is 19.5. The van der Waals surface area contributed by atoms with Gasteiger partial charge in [0.15, 0.2) is 6.80 Å². The van der Waals surface area contributed by atoms with Gasteiger partial charge < -0.3 is 15.0 Å². The Labute approximate surface area is 179 Å². The average Bonchev–Trinajstić information content (AvgIpc) is 2.82. The average molecular weight is 414 g/mol. The lowest BCUT2D eigenvalue weighted by molar-refractivity contribution is 0.0647. The highest BCUT2D eigenvalue weighted by Gasteiger charge is 2.27. The molecule has 2 aliphatic rings. The summed E-state index contributed by atoms with van der Waals surface area (Å²) in [6.45, 7) is 3.46. The van der Waals surface area contributed by atoms with Crippen LogP contribution < -0.4 is 10.1 Å². The summed E-state index contributed by atoms with van der Waals surface area (Å²) < 4.78 is 27.9. The lowest BCUT2D eigenvalue weighted by atomic mass is 9.86. The fourth-order valence-corrected chi connectivity index (χ4v) is 4.37. The van der Waals surface area contributed by atoms with Gasteiger partial charge in [0.2, 0.25) is 0 Å². The summed E-state index contributed by atoms with van der Waals surface area (Å²) in [5, 5.41) is 3.40. The molecule has 1 heterocycles. The molecule has 2 aromatic carbocycles. The second kappa shape index (κ2) is 10.0. The molecule has 0 saturated carbocycles. The molecule has 1 unspecified atom stereocenters. The molecule has 0 spiro atoms. The van der Waals surface area contributed by atoms with Crippen LogP contribution in [0.2, 0.25) is 0 Å². The fourth-order valence-electron chi connectivity index (χ4n) is 4.37. The molecule has 1 atom stereocenters. The molecule has 6 heteroatoms. The number of ether oxygens (including phenoxy) is 1. The van der Waals surface area contributed by atoms with Crippen molar-refractivity contribution in [2.75, 3.05) is 46.1 Å². The minimum Gasteiger partial charge on any atom is -0.492 e. The number of carbonyl (C=O) groups is 1. The van der Waals surface area contributed by atoms with Gasteiger partial charge in [0.25, 0.3) is 5.91 Å².